The first-order valence-electron chi connectivity index (χ1n) is 7.39. The summed E-state index contributed by atoms with van der Waals surface area (Å²) in [5.41, 5.74) is 5.82. The Morgan fingerprint density at radius 3 is 3.05 bits per heavy atom. The van der Waals surface area contributed by atoms with Gasteiger partial charge < -0.3 is 15.2 Å². The van der Waals surface area contributed by atoms with Crippen LogP contribution in [0.25, 0.3) is 0 Å². The maximum Gasteiger partial charge on any atom is 0.205 e. The van der Waals surface area contributed by atoms with E-state index in [2.05, 4.69) is 4.99 Å². The summed E-state index contributed by atoms with van der Waals surface area (Å²) in [6, 6.07) is 6.86. The quantitative estimate of drug-likeness (QED) is 0.920. The largest absolute Gasteiger partial charge is 0.468 e. The molecule has 0 amide bonds. The molecule has 118 valence electrons. The number of ketones is 1. The van der Waals surface area contributed by atoms with Crippen LogP contribution in [0.2, 0.25) is 5.02 Å². The number of rotatable bonds is 4. The van der Waals surface area contributed by atoms with Crippen molar-refractivity contribution in [1.82, 2.24) is 0 Å². The van der Waals surface area contributed by atoms with Gasteiger partial charge in [0.1, 0.15) is 6.04 Å². The highest BCUT2D eigenvalue weighted by Crippen LogP contribution is 2.44. The molecular formula is C16H19ClN2O3. The lowest BCUT2D eigenvalue weighted by Gasteiger charge is -2.42. The van der Waals surface area contributed by atoms with Crippen molar-refractivity contribution in [2.45, 2.75) is 36.9 Å². The number of benzene rings is 1. The molecule has 0 radical (unpaired) electrons. The summed E-state index contributed by atoms with van der Waals surface area (Å²) in [4.78, 5) is 17.5. The van der Waals surface area contributed by atoms with Crippen molar-refractivity contribution in [3.8, 4) is 0 Å². The van der Waals surface area contributed by atoms with Gasteiger partial charge in [-0.1, -0.05) is 29.8 Å². The first-order valence-corrected chi connectivity index (χ1v) is 7.76. The predicted molar refractivity (Wildman–Crippen MR) is 84.1 cm³/mol. The van der Waals surface area contributed by atoms with Crippen molar-refractivity contribution >= 4 is 23.3 Å². The fourth-order valence-electron chi connectivity index (χ4n) is 3.19. The summed E-state index contributed by atoms with van der Waals surface area (Å²) in [6.45, 7) is 0.290. The molecule has 1 fully saturated rings. The number of halogens is 1. The second-order valence-corrected chi connectivity index (χ2v) is 6.12. The lowest BCUT2D eigenvalue weighted by atomic mass is 9.74. The van der Waals surface area contributed by atoms with Gasteiger partial charge in [-0.2, -0.15) is 0 Å². The van der Waals surface area contributed by atoms with Crippen LogP contribution in [0.3, 0.4) is 0 Å². The van der Waals surface area contributed by atoms with Crippen LogP contribution in [0.4, 0.5) is 0 Å². The van der Waals surface area contributed by atoms with Gasteiger partial charge in [0.25, 0.3) is 0 Å². The highest BCUT2D eigenvalue weighted by molar-refractivity contribution is 6.32. The standard InChI is InChI=1S/C16H19ClN2O3/c1-21-9-12(18)15-19-16(10-5-2-3-6-11(10)17)8-4-7-13(22-15)14(16)20/h2-3,5-6,12-13H,4,7-9,18H2,1H3. The van der Waals surface area contributed by atoms with Gasteiger partial charge in [-0.3, -0.25) is 4.79 Å². The van der Waals surface area contributed by atoms with Crippen LogP contribution in [-0.2, 0) is 19.8 Å². The lowest BCUT2D eigenvalue weighted by Crippen LogP contribution is -2.54. The molecule has 5 nitrogen and oxygen atoms in total. The van der Waals surface area contributed by atoms with E-state index in [1.165, 1.54) is 0 Å². The van der Waals surface area contributed by atoms with Crippen LogP contribution in [0.5, 0.6) is 0 Å². The van der Waals surface area contributed by atoms with Gasteiger partial charge in [-0.15, -0.1) is 0 Å². The van der Waals surface area contributed by atoms with E-state index in [0.717, 1.165) is 12.0 Å². The maximum absolute atomic E-state index is 12.8. The number of carbonyl (C=O) groups is 1. The zero-order chi connectivity index (χ0) is 15.7. The molecule has 3 rings (SSSR count). The molecule has 0 saturated heterocycles. The van der Waals surface area contributed by atoms with Crippen LogP contribution in [0.1, 0.15) is 24.8 Å². The number of hydrogen-bond acceptors (Lipinski definition) is 5. The third kappa shape index (κ3) is 2.43. The number of nitrogens with zero attached hydrogens (tertiary/aromatic N) is 1. The molecule has 0 spiro atoms. The van der Waals surface area contributed by atoms with Crippen molar-refractivity contribution in [2.75, 3.05) is 13.7 Å². The third-order valence-corrected chi connectivity index (χ3v) is 4.58. The van der Waals surface area contributed by atoms with Gasteiger partial charge in [0.15, 0.2) is 11.6 Å². The zero-order valence-electron chi connectivity index (χ0n) is 12.4. The first kappa shape index (κ1) is 15.5. The fraction of sp³-hybridized carbons (Fsp3) is 0.500. The van der Waals surface area contributed by atoms with Gasteiger partial charge in [0.05, 0.1) is 6.61 Å². The van der Waals surface area contributed by atoms with Crippen LogP contribution in [0, 0.1) is 0 Å². The SMILES string of the molecule is COCC(N)C1=NC2(c3ccccc3Cl)CCCC(O1)C2=O. The minimum absolute atomic E-state index is 0.0276. The van der Waals surface area contributed by atoms with Gasteiger partial charge in [0.2, 0.25) is 11.7 Å². The number of carbonyl (C=O) groups excluding carboxylic acids is 1. The smallest absolute Gasteiger partial charge is 0.205 e. The Bertz CT molecular complexity index is 619. The molecule has 1 aliphatic heterocycles. The van der Waals surface area contributed by atoms with E-state index in [-0.39, 0.29) is 5.78 Å². The minimum atomic E-state index is -0.972. The van der Waals surface area contributed by atoms with Gasteiger partial charge >= 0.3 is 0 Å². The maximum atomic E-state index is 12.8. The van der Waals surface area contributed by atoms with Crippen molar-refractivity contribution in [3.63, 3.8) is 0 Å². The average Bonchev–Trinajstić information content (AvgIpc) is 2.48. The molecule has 6 heteroatoms. The van der Waals surface area contributed by atoms with Gasteiger partial charge in [-0.05, 0) is 25.3 Å². The first-order chi connectivity index (χ1) is 10.6. The second kappa shape index (κ2) is 5.99. The summed E-state index contributed by atoms with van der Waals surface area (Å²) in [5.74, 6) is 0.353. The summed E-state index contributed by atoms with van der Waals surface area (Å²) >= 11 is 6.33. The Morgan fingerprint density at radius 1 is 1.55 bits per heavy atom. The molecule has 2 bridgehead atoms. The lowest BCUT2D eigenvalue weighted by molar-refractivity contribution is -0.137. The van der Waals surface area contributed by atoms with E-state index in [9.17, 15) is 4.79 Å². The Balaban J connectivity index is 2.10. The molecule has 3 unspecified atom stereocenters. The molecule has 1 saturated carbocycles. The normalized spacial score (nSPS) is 28.8. The predicted octanol–water partition coefficient (Wildman–Crippen LogP) is 2.06. The summed E-state index contributed by atoms with van der Waals surface area (Å²) < 4.78 is 10.8. The van der Waals surface area contributed by atoms with E-state index >= 15 is 0 Å². The average molecular weight is 323 g/mol. The van der Waals surface area contributed by atoms with Gasteiger partial charge in [-0.25, -0.2) is 4.99 Å². The number of aliphatic imine (C=N–C) groups is 1. The molecule has 2 aliphatic rings. The fourth-order valence-corrected chi connectivity index (χ4v) is 3.49. The van der Waals surface area contributed by atoms with Crippen molar-refractivity contribution in [2.24, 2.45) is 10.7 Å². The van der Waals surface area contributed by atoms with E-state index in [1.807, 2.05) is 18.2 Å². The number of Topliss-reactive ketones (excluding diaryl/α,β-unsaturated/α-hetero) is 1. The number of methoxy groups -OCH3 is 1. The monoisotopic (exact) mass is 322 g/mol. The van der Waals surface area contributed by atoms with Crippen molar-refractivity contribution in [3.05, 3.63) is 34.9 Å². The highest BCUT2D eigenvalue weighted by atomic mass is 35.5. The van der Waals surface area contributed by atoms with Crippen molar-refractivity contribution in [1.29, 1.82) is 0 Å². The van der Waals surface area contributed by atoms with Gasteiger partial charge in [0, 0.05) is 17.7 Å². The number of ether oxygens (including phenoxy) is 2. The molecule has 2 N–H and O–H groups in total. The topological polar surface area (TPSA) is 73.9 Å². The highest BCUT2D eigenvalue weighted by Gasteiger charge is 2.52. The van der Waals surface area contributed by atoms with Crippen molar-refractivity contribution < 1.29 is 14.3 Å². The Labute approximate surface area is 134 Å². The minimum Gasteiger partial charge on any atom is -0.468 e. The Kier molecular flexibility index (Phi) is 4.21. The van der Waals surface area contributed by atoms with E-state index < -0.39 is 17.7 Å². The zero-order valence-corrected chi connectivity index (χ0v) is 13.2. The third-order valence-electron chi connectivity index (χ3n) is 4.25. The van der Waals surface area contributed by atoms with Crippen LogP contribution < -0.4 is 5.73 Å². The summed E-state index contributed by atoms with van der Waals surface area (Å²) in [6.07, 6.45) is 1.67. The van der Waals surface area contributed by atoms with E-state index in [1.54, 1.807) is 13.2 Å². The molecule has 0 aromatic heterocycles. The molecule has 3 atom stereocenters. The number of fused-ring (bicyclic) bond motifs is 2. The molecule has 1 aromatic rings. The van der Waals surface area contributed by atoms with Crippen LogP contribution in [0.15, 0.2) is 29.3 Å². The molecule has 1 aliphatic carbocycles. The Morgan fingerprint density at radius 2 is 2.32 bits per heavy atom. The van der Waals surface area contributed by atoms with Crippen LogP contribution >= 0.6 is 11.6 Å². The number of nitrogens with two attached hydrogens (primary N) is 1. The number of hydrogen-bond donors (Lipinski definition) is 1. The summed E-state index contributed by atoms with van der Waals surface area (Å²) in [7, 11) is 1.57. The van der Waals surface area contributed by atoms with E-state index in [0.29, 0.717) is 30.4 Å². The Hall–Kier alpha value is -1.43. The van der Waals surface area contributed by atoms with Crippen LogP contribution in [-0.4, -0.2) is 37.5 Å². The molecule has 1 aromatic carbocycles. The summed E-state index contributed by atoms with van der Waals surface area (Å²) in [5, 5.41) is 0.543. The molecule has 22 heavy (non-hydrogen) atoms. The second-order valence-electron chi connectivity index (χ2n) is 5.71. The molecular weight excluding hydrogens is 304 g/mol. The van der Waals surface area contributed by atoms with E-state index in [4.69, 9.17) is 26.8 Å². The molecule has 1 heterocycles.